The third-order valence-corrected chi connectivity index (χ3v) is 3.67. The number of aryl methyl sites for hydroxylation is 1. The second kappa shape index (κ2) is 6.12. The van der Waals surface area contributed by atoms with Gasteiger partial charge >= 0.3 is 5.97 Å². The molecule has 1 aliphatic heterocycles. The van der Waals surface area contributed by atoms with Crippen LogP contribution in [0.15, 0.2) is 34.9 Å². The Morgan fingerprint density at radius 2 is 2.17 bits per heavy atom. The van der Waals surface area contributed by atoms with Crippen molar-refractivity contribution in [3.05, 3.63) is 41.7 Å². The fraction of sp³-hybridized carbons (Fsp3) is 0.312. The van der Waals surface area contributed by atoms with E-state index in [1.807, 2.05) is 6.07 Å². The molecule has 7 nitrogen and oxygen atoms in total. The highest BCUT2D eigenvalue weighted by Gasteiger charge is 2.42. The number of rotatable bonds is 4. The van der Waals surface area contributed by atoms with E-state index in [1.165, 1.54) is 7.11 Å². The van der Waals surface area contributed by atoms with E-state index in [1.54, 1.807) is 31.2 Å². The van der Waals surface area contributed by atoms with E-state index >= 15 is 0 Å². The number of carbonyl (C=O) groups excluding carboxylic acids is 2. The monoisotopic (exact) mass is 316 g/mol. The molecule has 1 saturated heterocycles. The lowest BCUT2D eigenvalue weighted by molar-refractivity contribution is -0.141. The predicted molar refractivity (Wildman–Crippen MR) is 79.8 cm³/mol. The van der Waals surface area contributed by atoms with Gasteiger partial charge in [-0.15, -0.1) is 0 Å². The molecule has 1 aliphatic rings. The summed E-state index contributed by atoms with van der Waals surface area (Å²) in [5.74, 6) is 0.0430. The lowest BCUT2D eigenvalue weighted by Crippen LogP contribution is -2.25. The molecule has 2 atom stereocenters. The standard InChI is InChI=1S/C16H16N2O5/c1-9-7-13(18-23-9)17-16(20)11-8-14(19)22-15(11)10-5-3-4-6-12(10)21-2/h3-7,11,15H,8H2,1-2H3,(H,17,18,20)/t11-,15-/m1/s1. The van der Waals surface area contributed by atoms with Crippen LogP contribution in [0.4, 0.5) is 5.82 Å². The summed E-state index contributed by atoms with van der Waals surface area (Å²) >= 11 is 0. The maximum Gasteiger partial charge on any atom is 0.307 e. The number of para-hydroxylation sites is 1. The van der Waals surface area contributed by atoms with Gasteiger partial charge in [-0.1, -0.05) is 23.4 Å². The number of esters is 1. The highest BCUT2D eigenvalue weighted by Crippen LogP contribution is 2.40. The number of amides is 1. The maximum atomic E-state index is 12.5. The van der Waals surface area contributed by atoms with Gasteiger partial charge in [0.2, 0.25) is 5.91 Å². The molecular weight excluding hydrogens is 300 g/mol. The molecule has 1 aromatic heterocycles. The zero-order valence-corrected chi connectivity index (χ0v) is 12.7. The topological polar surface area (TPSA) is 90.7 Å². The van der Waals surface area contributed by atoms with Crippen LogP contribution in [0.2, 0.25) is 0 Å². The van der Waals surface area contributed by atoms with Gasteiger partial charge in [0.25, 0.3) is 0 Å². The number of cyclic esters (lactones) is 1. The Morgan fingerprint density at radius 3 is 2.87 bits per heavy atom. The van der Waals surface area contributed by atoms with Crippen molar-refractivity contribution in [3.8, 4) is 5.75 Å². The zero-order valence-electron chi connectivity index (χ0n) is 12.7. The molecule has 0 radical (unpaired) electrons. The van der Waals surface area contributed by atoms with Crippen LogP contribution in [0, 0.1) is 12.8 Å². The number of hydrogen-bond donors (Lipinski definition) is 1. The van der Waals surface area contributed by atoms with Crippen LogP contribution in [-0.4, -0.2) is 24.1 Å². The van der Waals surface area contributed by atoms with Crippen LogP contribution in [0.1, 0.15) is 23.8 Å². The van der Waals surface area contributed by atoms with Crippen molar-refractivity contribution in [2.24, 2.45) is 5.92 Å². The van der Waals surface area contributed by atoms with Gasteiger partial charge in [-0.25, -0.2) is 0 Å². The summed E-state index contributed by atoms with van der Waals surface area (Å²) in [6.07, 6.45) is -0.683. The Hall–Kier alpha value is -2.83. The van der Waals surface area contributed by atoms with E-state index in [0.717, 1.165) is 0 Å². The summed E-state index contributed by atoms with van der Waals surface area (Å²) in [5, 5.41) is 6.37. The number of aromatic nitrogens is 1. The van der Waals surface area contributed by atoms with Crippen LogP contribution in [0.5, 0.6) is 5.75 Å². The average Bonchev–Trinajstić information content (AvgIpc) is 3.13. The van der Waals surface area contributed by atoms with Crippen molar-refractivity contribution >= 4 is 17.7 Å². The van der Waals surface area contributed by atoms with Gasteiger partial charge in [-0.2, -0.15) is 0 Å². The molecule has 0 aliphatic carbocycles. The molecule has 0 spiro atoms. The lowest BCUT2D eigenvalue weighted by atomic mass is 9.93. The third kappa shape index (κ3) is 3.03. The number of carbonyl (C=O) groups is 2. The highest BCUT2D eigenvalue weighted by atomic mass is 16.6. The average molecular weight is 316 g/mol. The number of nitrogens with zero attached hydrogens (tertiary/aromatic N) is 1. The first-order chi connectivity index (χ1) is 11.1. The first-order valence-corrected chi connectivity index (χ1v) is 7.15. The molecule has 1 fully saturated rings. The van der Waals surface area contributed by atoms with Crippen LogP contribution in [0.3, 0.4) is 0 Å². The Kier molecular flexibility index (Phi) is 4.01. The van der Waals surface area contributed by atoms with Crippen molar-refractivity contribution in [1.29, 1.82) is 0 Å². The number of nitrogens with one attached hydrogen (secondary N) is 1. The Labute approximate surface area is 132 Å². The van der Waals surface area contributed by atoms with Gasteiger partial charge in [-0.05, 0) is 13.0 Å². The normalized spacial score (nSPS) is 20.2. The fourth-order valence-corrected chi connectivity index (χ4v) is 2.61. The highest BCUT2D eigenvalue weighted by molar-refractivity contribution is 5.95. The van der Waals surface area contributed by atoms with E-state index in [-0.39, 0.29) is 12.3 Å². The first-order valence-electron chi connectivity index (χ1n) is 7.15. The largest absolute Gasteiger partial charge is 0.496 e. The Morgan fingerprint density at radius 1 is 1.39 bits per heavy atom. The van der Waals surface area contributed by atoms with Crippen molar-refractivity contribution < 1.29 is 23.6 Å². The van der Waals surface area contributed by atoms with E-state index in [0.29, 0.717) is 22.9 Å². The van der Waals surface area contributed by atoms with Crippen molar-refractivity contribution in [1.82, 2.24) is 5.16 Å². The zero-order chi connectivity index (χ0) is 16.4. The minimum Gasteiger partial charge on any atom is -0.496 e. The van der Waals surface area contributed by atoms with Crippen LogP contribution < -0.4 is 10.1 Å². The molecule has 1 aromatic carbocycles. The van der Waals surface area contributed by atoms with Gasteiger partial charge in [0, 0.05) is 11.6 Å². The van der Waals surface area contributed by atoms with E-state index in [4.69, 9.17) is 14.0 Å². The fourth-order valence-electron chi connectivity index (χ4n) is 2.61. The summed E-state index contributed by atoms with van der Waals surface area (Å²) in [6.45, 7) is 1.72. The summed E-state index contributed by atoms with van der Waals surface area (Å²) < 4.78 is 15.5. The first kappa shape index (κ1) is 15.1. The van der Waals surface area contributed by atoms with Gasteiger partial charge in [-0.3, -0.25) is 9.59 Å². The predicted octanol–water partition coefficient (Wildman–Crippen LogP) is 2.23. The van der Waals surface area contributed by atoms with Gasteiger partial charge in [0.05, 0.1) is 19.4 Å². The molecule has 2 aromatic rings. The van der Waals surface area contributed by atoms with Crippen LogP contribution >= 0.6 is 0 Å². The van der Waals surface area contributed by atoms with E-state index < -0.39 is 18.0 Å². The summed E-state index contributed by atoms with van der Waals surface area (Å²) in [4.78, 5) is 24.2. The summed E-state index contributed by atoms with van der Waals surface area (Å²) in [6, 6.07) is 8.76. The van der Waals surface area contributed by atoms with E-state index in [2.05, 4.69) is 10.5 Å². The molecule has 7 heteroatoms. The molecule has 0 unspecified atom stereocenters. The van der Waals surface area contributed by atoms with E-state index in [9.17, 15) is 9.59 Å². The SMILES string of the molecule is COc1ccccc1[C@H]1OC(=O)C[C@H]1C(=O)Nc1cc(C)on1. The summed E-state index contributed by atoms with van der Waals surface area (Å²) in [5.41, 5.74) is 0.664. The summed E-state index contributed by atoms with van der Waals surface area (Å²) in [7, 11) is 1.53. The molecule has 23 heavy (non-hydrogen) atoms. The second-order valence-corrected chi connectivity index (χ2v) is 5.28. The minimum absolute atomic E-state index is 0.00534. The van der Waals surface area contributed by atoms with Crippen molar-refractivity contribution in [2.75, 3.05) is 12.4 Å². The number of benzene rings is 1. The van der Waals surface area contributed by atoms with Gasteiger partial charge in [0.15, 0.2) is 5.82 Å². The number of hydrogen-bond acceptors (Lipinski definition) is 6. The number of methoxy groups -OCH3 is 1. The molecule has 0 bridgehead atoms. The molecule has 0 saturated carbocycles. The molecule has 1 amide bonds. The minimum atomic E-state index is -0.688. The third-order valence-electron chi connectivity index (χ3n) is 3.67. The smallest absolute Gasteiger partial charge is 0.307 e. The molecule has 2 heterocycles. The molecule has 120 valence electrons. The second-order valence-electron chi connectivity index (χ2n) is 5.28. The Balaban J connectivity index is 1.84. The molecule has 1 N–H and O–H groups in total. The van der Waals surface area contributed by atoms with Gasteiger partial charge < -0.3 is 19.3 Å². The van der Waals surface area contributed by atoms with Crippen molar-refractivity contribution in [2.45, 2.75) is 19.4 Å². The number of ether oxygens (including phenoxy) is 2. The quantitative estimate of drug-likeness (QED) is 0.870. The molecule has 3 rings (SSSR count). The van der Waals surface area contributed by atoms with Crippen molar-refractivity contribution in [3.63, 3.8) is 0 Å². The number of anilines is 1. The van der Waals surface area contributed by atoms with Gasteiger partial charge in [0.1, 0.15) is 17.6 Å². The molecular formula is C16H16N2O5. The van der Waals surface area contributed by atoms with Crippen LogP contribution in [-0.2, 0) is 14.3 Å². The lowest BCUT2D eigenvalue weighted by Gasteiger charge is -2.19. The maximum absolute atomic E-state index is 12.5. The Bertz CT molecular complexity index is 740. The van der Waals surface area contributed by atoms with Crippen LogP contribution in [0.25, 0.3) is 0 Å².